The van der Waals surface area contributed by atoms with E-state index in [1.165, 1.54) is 16.4 Å². The second-order valence-electron chi connectivity index (χ2n) is 4.46. The topological polar surface area (TPSA) is 86.7 Å². The molecule has 0 aromatic heterocycles. The van der Waals surface area contributed by atoms with E-state index in [-0.39, 0.29) is 18.7 Å². The number of nitrogens with one attached hydrogen (secondary N) is 1. The molecule has 2 rings (SSSR count). The van der Waals surface area contributed by atoms with Crippen LogP contribution < -0.4 is 4.72 Å². The van der Waals surface area contributed by atoms with Gasteiger partial charge in [-0.2, -0.15) is 12.7 Å². The Kier molecular flexibility index (Phi) is 3.88. The molecular weight excluding hydrogens is 268 g/mol. The van der Waals surface area contributed by atoms with Crippen molar-refractivity contribution in [1.29, 1.82) is 0 Å². The van der Waals surface area contributed by atoms with Gasteiger partial charge in [0.2, 0.25) is 0 Å². The molecule has 0 saturated heterocycles. The SMILES string of the molecule is CCCNS(=O)(=O)N1Cc2ccc(C(=O)O)cc2C1. The summed E-state index contributed by atoms with van der Waals surface area (Å²) in [5, 5.41) is 8.91. The largest absolute Gasteiger partial charge is 0.478 e. The summed E-state index contributed by atoms with van der Waals surface area (Å²) in [4.78, 5) is 10.9. The second kappa shape index (κ2) is 5.28. The molecule has 0 bridgehead atoms. The first-order chi connectivity index (χ1) is 8.94. The summed E-state index contributed by atoms with van der Waals surface area (Å²) >= 11 is 0. The minimum atomic E-state index is -3.49. The van der Waals surface area contributed by atoms with E-state index in [2.05, 4.69) is 4.72 Å². The summed E-state index contributed by atoms with van der Waals surface area (Å²) in [5.74, 6) is -1.01. The molecule has 1 heterocycles. The zero-order valence-corrected chi connectivity index (χ0v) is 11.4. The molecule has 1 aliphatic rings. The van der Waals surface area contributed by atoms with Crippen molar-refractivity contribution in [3.63, 3.8) is 0 Å². The van der Waals surface area contributed by atoms with Gasteiger partial charge in [-0.3, -0.25) is 0 Å². The number of carboxylic acid groups (broad SMARTS) is 1. The average Bonchev–Trinajstić information content (AvgIpc) is 2.79. The van der Waals surface area contributed by atoms with Crippen molar-refractivity contribution in [3.05, 3.63) is 34.9 Å². The highest BCUT2D eigenvalue weighted by molar-refractivity contribution is 7.87. The number of benzene rings is 1. The number of rotatable bonds is 5. The molecule has 19 heavy (non-hydrogen) atoms. The molecule has 0 amide bonds. The van der Waals surface area contributed by atoms with E-state index in [0.29, 0.717) is 6.54 Å². The third kappa shape index (κ3) is 2.94. The van der Waals surface area contributed by atoms with Gasteiger partial charge in [0, 0.05) is 19.6 Å². The predicted molar refractivity (Wildman–Crippen MR) is 69.9 cm³/mol. The van der Waals surface area contributed by atoms with Crippen LogP contribution in [-0.4, -0.2) is 30.3 Å². The van der Waals surface area contributed by atoms with Crippen LogP contribution in [0.4, 0.5) is 0 Å². The number of carbonyl (C=O) groups is 1. The van der Waals surface area contributed by atoms with Gasteiger partial charge in [-0.05, 0) is 29.7 Å². The Morgan fingerprint density at radius 3 is 2.68 bits per heavy atom. The van der Waals surface area contributed by atoms with E-state index in [4.69, 9.17) is 5.11 Å². The van der Waals surface area contributed by atoms with E-state index in [9.17, 15) is 13.2 Å². The van der Waals surface area contributed by atoms with Gasteiger partial charge >= 0.3 is 5.97 Å². The lowest BCUT2D eigenvalue weighted by atomic mass is 10.1. The predicted octanol–water partition coefficient (Wildman–Crippen LogP) is 0.945. The Balaban J connectivity index is 2.18. The maximum Gasteiger partial charge on any atom is 0.335 e. The molecule has 0 atom stereocenters. The molecule has 0 fully saturated rings. The lowest BCUT2D eigenvalue weighted by molar-refractivity contribution is 0.0696. The summed E-state index contributed by atoms with van der Waals surface area (Å²) in [6.45, 7) is 2.79. The van der Waals surface area contributed by atoms with Crippen LogP contribution in [0.1, 0.15) is 34.8 Å². The van der Waals surface area contributed by atoms with Crippen LogP contribution in [0, 0.1) is 0 Å². The van der Waals surface area contributed by atoms with Gasteiger partial charge in [-0.15, -0.1) is 0 Å². The van der Waals surface area contributed by atoms with E-state index in [1.54, 1.807) is 6.07 Å². The van der Waals surface area contributed by atoms with Crippen molar-refractivity contribution < 1.29 is 18.3 Å². The van der Waals surface area contributed by atoms with Crippen LogP contribution >= 0.6 is 0 Å². The highest BCUT2D eigenvalue weighted by atomic mass is 32.2. The molecule has 104 valence electrons. The van der Waals surface area contributed by atoms with Gasteiger partial charge in [-0.1, -0.05) is 13.0 Å². The van der Waals surface area contributed by atoms with Crippen molar-refractivity contribution in [3.8, 4) is 0 Å². The lowest BCUT2D eigenvalue weighted by Crippen LogP contribution is -2.37. The normalized spacial score (nSPS) is 15.4. The van der Waals surface area contributed by atoms with Crippen LogP contribution in [0.2, 0.25) is 0 Å². The smallest absolute Gasteiger partial charge is 0.335 e. The molecule has 1 aromatic rings. The van der Waals surface area contributed by atoms with Crippen molar-refractivity contribution in [2.75, 3.05) is 6.54 Å². The highest BCUT2D eigenvalue weighted by Gasteiger charge is 2.29. The van der Waals surface area contributed by atoms with Gasteiger partial charge in [0.1, 0.15) is 0 Å². The molecule has 2 N–H and O–H groups in total. The van der Waals surface area contributed by atoms with Gasteiger partial charge < -0.3 is 5.11 Å². The molecular formula is C12H16N2O4S. The molecule has 1 aromatic carbocycles. The zero-order chi connectivity index (χ0) is 14.0. The fraction of sp³-hybridized carbons (Fsp3) is 0.417. The van der Waals surface area contributed by atoms with E-state index in [1.807, 2.05) is 6.92 Å². The Hall–Kier alpha value is -1.44. The first-order valence-corrected chi connectivity index (χ1v) is 7.48. The summed E-state index contributed by atoms with van der Waals surface area (Å²) < 4.78 is 27.8. The molecule has 6 nitrogen and oxygen atoms in total. The van der Waals surface area contributed by atoms with Crippen LogP contribution in [0.25, 0.3) is 0 Å². The summed E-state index contributed by atoms with van der Waals surface area (Å²) in [5.41, 5.74) is 1.79. The van der Waals surface area contributed by atoms with Gasteiger partial charge in [0.05, 0.1) is 5.56 Å². The Morgan fingerprint density at radius 1 is 1.37 bits per heavy atom. The van der Waals surface area contributed by atoms with Gasteiger partial charge in [-0.25, -0.2) is 9.52 Å². The maximum atomic E-state index is 12.0. The third-order valence-electron chi connectivity index (χ3n) is 3.02. The van der Waals surface area contributed by atoms with Crippen LogP contribution in [0.15, 0.2) is 18.2 Å². The Morgan fingerprint density at radius 2 is 2.05 bits per heavy atom. The minimum absolute atomic E-state index is 0.180. The van der Waals surface area contributed by atoms with E-state index in [0.717, 1.165) is 17.5 Å². The van der Waals surface area contributed by atoms with Crippen LogP contribution in [0.3, 0.4) is 0 Å². The average molecular weight is 284 g/mol. The molecule has 0 unspecified atom stereocenters. The van der Waals surface area contributed by atoms with Crippen LogP contribution in [0.5, 0.6) is 0 Å². The maximum absolute atomic E-state index is 12.0. The molecule has 1 aliphatic heterocycles. The Labute approximate surface area is 112 Å². The lowest BCUT2D eigenvalue weighted by Gasteiger charge is -2.15. The summed E-state index contributed by atoms with van der Waals surface area (Å²) in [6.07, 6.45) is 0.725. The molecule has 0 spiro atoms. The van der Waals surface area contributed by atoms with Gasteiger partial charge in [0.25, 0.3) is 10.2 Å². The van der Waals surface area contributed by atoms with Crippen LogP contribution in [-0.2, 0) is 23.3 Å². The second-order valence-corrected chi connectivity index (χ2v) is 6.21. The highest BCUT2D eigenvalue weighted by Crippen LogP contribution is 2.25. The quantitative estimate of drug-likeness (QED) is 0.842. The van der Waals surface area contributed by atoms with Crippen molar-refractivity contribution in [2.24, 2.45) is 0 Å². The monoisotopic (exact) mass is 284 g/mol. The third-order valence-corrected chi connectivity index (χ3v) is 4.53. The summed E-state index contributed by atoms with van der Waals surface area (Å²) in [6, 6.07) is 4.71. The Bertz CT molecular complexity index is 598. The molecule has 0 radical (unpaired) electrons. The first kappa shape index (κ1) is 14.0. The zero-order valence-electron chi connectivity index (χ0n) is 10.6. The number of nitrogens with zero attached hydrogens (tertiary/aromatic N) is 1. The minimum Gasteiger partial charge on any atom is -0.478 e. The van der Waals surface area contributed by atoms with Gasteiger partial charge in [0.15, 0.2) is 0 Å². The fourth-order valence-corrected chi connectivity index (χ4v) is 3.25. The number of hydrogen-bond donors (Lipinski definition) is 2. The number of hydrogen-bond acceptors (Lipinski definition) is 3. The van der Waals surface area contributed by atoms with Crippen molar-refractivity contribution in [1.82, 2.24) is 9.03 Å². The molecule has 7 heteroatoms. The van der Waals surface area contributed by atoms with Crippen molar-refractivity contribution >= 4 is 16.2 Å². The van der Waals surface area contributed by atoms with Crippen molar-refractivity contribution in [2.45, 2.75) is 26.4 Å². The first-order valence-electron chi connectivity index (χ1n) is 6.04. The summed E-state index contributed by atoms with van der Waals surface area (Å²) in [7, 11) is -3.49. The molecule has 0 aliphatic carbocycles. The van der Waals surface area contributed by atoms with E-state index < -0.39 is 16.2 Å². The fourth-order valence-electron chi connectivity index (χ4n) is 1.99. The number of aromatic carboxylic acids is 1. The number of carboxylic acids is 1. The molecule has 0 saturated carbocycles. The standard InChI is InChI=1S/C12H16N2O4S/c1-2-5-13-19(17,18)14-7-10-4-3-9(12(15)16)6-11(10)8-14/h3-4,6,13H,2,5,7-8H2,1H3,(H,15,16). The number of fused-ring (bicyclic) bond motifs is 1. The van der Waals surface area contributed by atoms with E-state index >= 15 is 0 Å².